The monoisotopic (exact) mass is 915 g/mol. The van der Waals surface area contributed by atoms with Crippen molar-refractivity contribution in [3.63, 3.8) is 0 Å². The predicted octanol–water partition coefficient (Wildman–Crippen LogP) is 19.0. The van der Waals surface area contributed by atoms with Gasteiger partial charge in [-0.1, -0.05) is 273 Å². The normalized spacial score (nSPS) is 12.3. The first-order valence-electron chi connectivity index (χ1n) is 24.9. The van der Waals surface area contributed by atoms with E-state index < -0.39 is 5.41 Å². The standard InChI is InChI=1S/C71H49N/c1-4-22-52(23-5-1)60-31-12-13-32-61(60)62-33-14-15-34-63(62)64-35-17-19-40-68(64)72(57-48-46-51(47-49-57)50-42-44-54(45-43-50)59-37-20-25-53-24-10-11-30-58(53)59)69-41-21-39-67-70(69)65-36-16-18-38-66(65)71(67,55-26-6-2-7-27-55)56-28-8-3-9-29-56/h1-49H. The van der Waals surface area contributed by atoms with Crippen molar-refractivity contribution in [2.75, 3.05) is 4.90 Å². The zero-order valence-electron chi connectivity index (χ0n) is 39.7. The van der Waals surface area contributed by atoms with E-state index in [-0.39, 0.29) is 0 Å². The summed E-state index contributed by atoms with van der Waals surface area (Å²) in [6.45, 7) is 0. The number of anilines is 3. The Morgan fingerprint density at radius 1 is 0.236 bits per heavy atom. The molecular formula is C71H49N. The fourth-order valence-corrected chi connectivity index (χ4v) is 11.6. The van der Waals surface area contributed by atoms with Gasteiger partial charge in [-0.25, -0.2) is 0 Å². The number of para-hydroxylation sites is 1. The Labute approximate surface area is 422 Å². The van der Waals surface area contributed by atoms with Crippen molar-refractivity contribution >= 4 is 27.8 Å². The van der Waals surface area contributed by atoms with Crippen molar-refractivity contribution in [1.82, 2.24) is 0 Å². The molecule has 1 nitrogen and oxygen atoms in total. The lowest BCUT2D eigenvalue weighted by atomic mass is 9.68. The van der Waals surface area contributed by atoms with E-state index in [0.717, 1.165) is 28.2 Å². The molecule has 12 aromatic rings. The molecule has 0 saturated heterocycles. The molecule has 1 heteroatoms. The summed E-state index contributed by atoms with van der Waals surface area (Å²) in [5.41, 5.74) is 22.1. The lowest BCUT2D eigenvalue weighted by Crippen LogP contribution is -2.28. The van der Waals surface area contributed by atoms with Gasteiger partial charge >= 0.3 is 0 Å². The maximum absolute atomic E-state index is 2.52. The molecule has 0 bridgehead atoms. The molecule has 0 amide bonds. The largest absolute Gasteiger partial charge is 0.309 e. The smallest absolute Gasteiger partial charge is 0.0714 e. The van der Waals surface area contributed by atoms with Crippen molar-refractivity contribution in [2.45, 2.75) is 5.41 Å². The van der Waals surface area contributed by atoms with Gasteiger partial charge in [-0.3, -0.25) is 0 Å². The van der Waals surface area contributed by atoms with Crippen LogP contribution in [0.5, 0.6) is 0 Å². The van der Waals surface area contributed by atoms with Crippen molar-refractivity contribution in [3.8, 4) is 66.8 Å². The average molecular weight is 916 g/mol. The van der Waals surface area contributed by atoms with Gasteiger partial charge < -0.3 is 4.90 Å². The van der Waals surface area contributed by atoms with Crippen molar-refractivity contribution < 1.29 is 0 Å². The molecule has 338 valence electrons. The SMILES string of the molecule is c1ccc(-c2ccccc2-c2ccccc2-c2ccccc2N(c2ccc(-c3ccc(-c4cccc5ccccc45)cc3)cc2)c2cccc3c2-c2ccccc2C3(c2ccccc2)c2ccccc2)cc1. The van der Waals surface area contributed by atoms with Gasteiger partial charge in [-0.2, -0.15) is 0 Å². The number of hydrogen-bond acceptors (Lipinski definition) is 1. The molecule has 72 heavy (non-hydrogen) atoms. The summed E-state index contributed by atoms with van der Waals surface area (Å²) in [5.74, 6) is 0. The van der Waals surface area contributed by atoms with Gasteiger partial charge in [-0.05, 0) is 113 Å². The van der Waals surface area contributed by atoms with Gasteiger partial charge in [0.25, 0.3) is 0 Å². The van der Waals surface area contributed by atoms with Crippen LogP contribution in [0, 0.1) is 0 Å². The second-order valence-electron chi connectivity index (χ2n) is 18.7. The number of fused-ring (bicyclic) bond motifs is 4. The molecule has 1 aliphatic rings. The Morgan fingerprint density at radius 3 is 1.33 bits per heavy atom. The molecule has 0 aromatic heterocycles. The van der Waals surface area contributed by atoms with Crippen LogP contribution >= 0.6 is 0 Å². The Hall–Kier alpha value is -9.30. The Bertz CT molecular complexity index is 3850. The summed E-state index contributed by atoms with van der Waals surface area (Å²) in [4.78, 5) is 2.52. The number of hydrogen-bond donors (Lipinski definition) is 0. The maximum Gasteiger partial charge on any atom is 0.0714 e. The maximum atomic E-state index is 2.52. The van der Waals surface area contributed by atoms with E-state index in [0.29, 0.717) is 0 Å². The highest BCUT2D eigenvalue weighted by Gasteiger charge is 2.47. The molecule has 0 spiro atoms. The summed E-state index contributed by atoms with van der Waals surface area (Å²) in [6.07, 6.45) is 0. The molecule has 0 radical (unpaired) electrons. The third kappa shape index (κ3) is 7.17. The highest BCUT2D eigenvalue weighted by molar-refractivity contribution is 6.02. The number of rotatable bonds is 10. The van der Waals surface area contributed by atoms with Gasteiger partial charge in [0.05, 0.1) is 16.8 Å². The van der Waals surface area contributed by atoms with E-state index in [1.165, 1.54) is 88.7 Å². The third-order valence-corrected chi connectivity index (χ3v) is 14.8. The zero-order chi connectivity index (χ0) is 47.8. The van der Waals surface area contributed by atoms with Crippen LogP contribution in [-0.4, -0.2) is 0 Å². The molecule has 0 fully saturated rings. The minimum absolute atomic E-state index is 0.550. The fourth-order valence-electron chi connectivity index (χ4n) is 11.6. The molecular weight excluding hydrogens is 867 g/mol. The summed E-state index contributed by atoms with van der Waals surface area (Å²) >= 11 is 0. The van der Waals surface area contributed by atoms with Crippen LogP contribution in [0.25, 0.3) is 77.5 Å². The van der Waals surface area contributed by atoms with E-state index in [1.807, 2.05) is 0 Å². The molecule has 1 aliphatic carbocycles. The van der Waals surface area contributed by atoms with E-state index >= 15 is 0 Å². The van der Waals surface area contributed by atoms with E-state index in [4.69, 9.17) is 0 Å². The molecule has 0 N–H and O–H groups in total. The topological polar surface area (TPSA) is 3.24 Å². The fraction of sp³-hybridized carbons (Fsp3) is 0.0141. The second kappa shape index (κ2) is 18.2. The van der Waals surface area contributed by atoms with Crippen LogP contribution in [0.2, 0.25) is 0 Å². The summed E-state index contributed by atoms with van der Waals surface area (Å²) in [7, 11) is 0. The van der Waals surface area contributed by atoms with Crippen molar-refractivity contribution in [1.29, 1.82) is 0 Å². The summed E-state index contributed by atoms with van der Waals surface area (Å²) in [5, 5.41) is 2.51. The van der Waals surface area contributed by atoms with Gasteiger partial charge in [0.1, 0.15) is 0 Å². The molecule has 0 unspecified atom stereocenters. The average Bonchev–Trinajstić information content (AvgIpc) is 3.78. The van der Waals surface area contributed by atoms with Gasteiger partial charge in [0.2, 0.25) is 0 Å². The Balaban J connectivity index is 1.02. The number of benzene rings is 12. The molecule has 0 atom stereocenters. The van der Waals surface area contributed by atoms with Crippen LogP contribution in [-0.2, 0) is 5.41 Å². The second-order valence-corrected chi connectivity index (χ2v) is 18.7. The van der Waals surface area contributed by atoms with Gasteiger partial charge in [-0.15, -0.1) is 0 Å². The Morgan fingerprint density at radius 2 is 0.653 bits per heavy atom. The van der Waals surface area contributed by atoms with E-state index in [1.54, 1.807) is 0 Å². The lowest BCUT2D eigenvalue weighted by Gasteiger charge is -2.34. The van der Waals surface area contributed by atoms with E-state index in [9.17, 15) is 0 Å². The van der Waals surface area contributed by atoms with Crippen LogP contribution in [0.3, 0.4) is 0 Å². The highest BCUT2D eigenvalue weighted by Crippen LogP contribution is 2.60. The Kier molecular flexibility index (Phi) is 10.8. The van der Waals surface area contributed by atoms with Gasteiger partial charge in [0.15, 0.2) is 0 Å². The highest BCUT2D eigenvalue weighted by atomic mass is 15.1. The van der Waals surface area contributed by atoms with Crippen LogP contribution in [0.1, 0.15) is 22.3 Å². The first-order chi connectivity index (χ1) is 35.8. The van der Waals surface area contributed by atoms with Crippen molar-refractivity contribution in [2.24, 2.45) is 0 Å². The third-order valence-electron chi connectivity index (χ3n) is 14.8. The molecule has 0 saturated carbocycles. The molecule has 13 rings (SSSR count). The molecule has 0 heterocycles. The molecule has 0 aliphatic heterocycles. The predicted molar refractivity (Wildman–Crippen MR) is 303 cm³/mol. The van der Waals surface area contributed by atoms with Gasteiger partial charge in [0, 0.05) is 16.8 Å². The van der Waals surface area contributed by atoms with Crippen molar-refractivity contribution in [3.05, 3.63) is 320 Å². The summed E-state index contributed by atoms with van der Waals surface area (Å²) < 4.78 is 0. The van der Waals surface area contributed by atoms with Crippen LogP contribution in [0.15, 0.2) is 297 Å². The van der Waals surface area contributed by atoms with E-state index in [2.05, 4.69) is 302 Å². The lowest BCUT2D eigenvalue weighted by molar-refractivity contribution is 0.768. The number of nitrogens with zero attached hydrogens (tertiary/aromatic N) is 1. The molecule has 12 aromatic carbocycles. The minimum atomic E-state index is -0.550. The summed E-state index contributed by atoms with van der Waals surface area (Å²) in [6, 6.07) is 109. The zero-order valence-corrected chi connectivity index (χ0v) is 39.7. The first-order valence-corrected chi connectivity index (χ1v) is 24.9. The van der Waals surface area contributed by atoms with Crippen LogP contribution < -0.4 is 4.90 Å². The first kappa shape index (κ1) is 42.8. The van der Waals surface area contributed by atoms with Crippen LogP contribution in [0.4, 0.5) is 17.1 Å². The quantitative estimate of drug-likeness (QED) is 0.132. The minimum Gasteiger partial charge on any atom is -0.309 e.